The van der Waals surface area contributed by atoms with Crippen molar-refractivity contribution in [2.75, 3.05) is 13.6 Å². The number of likely N-dealkylation sites (tertiary alicyclic amines) is 1. The minimum atomic E-state index is -0.277. The fourth-order valence-electron chi connectivity index (χ4n) is 2.72. The molecule has 0 aromatic rings. The SMILES string of the molecule is CN1CCC(NC2CCCCCC2O)C1=O. The summed E-state index contributed by atoms with van der Waals surface area (Å²) in [5, 5.41) is 13.3. The number of hydrogen-bond donors (Lipinski definition) is 2. The number of likely N-dealkylation sites (N-methyl/N-ethyl adjacent to an activating group) is 1. The average Bonchev–Trinajstić information content (AvgIpc) is 2.48. The second-order valence-corrected chi connectivity index (χ2v) is 5.08. The molecule has 1 aliphatic carbocycles. The van der Waals surface area contributed by atoms with Crippen molar-refractivity contribution < 1.29 is 9.90 Å². The van der Waals surface area contributed by atoms with Gasteiger partial charge in [0.05, 0.1) is 12.1 Å². The molecular formula is C12H22N2O2. The molecule has 1 heterocycles. The average molecular weight is 226 g/mol. The Morgan fingerprint density at radius 1 is 1.25 bits per heavy atom. The Morgan fingerprint density at radius 3 is 2.69 bits per heavy atom. The highest BCUT2D eigenvalue weighted by Crippen LogP contribution is 2.20. The first-order valence-corrected chi connectivity index (χ1v) is 6.37. The van der Waals surface area contributed by atoms with Crippen LogP contribution in [0.4, 0.5) is 0 Å². The fraction of sp³-hybridized carbons (Fsp3) is 0.917. The highest BCUT2D eigenvalue weighted by atomic mass is 16.3. The molecule has 2 aliphatic rings. The van der Waals surface area contributed by atoms with Crippen molar-refractivity contribution in [3.63, 3.8) is 0 Å². The molecule has 0 bridgehead atoms. The van der Waals surface area contributed by atoms with Crippen LogP contribution in [0.15, 0.2) is 0 Å². The Labute approximate surface area is 97.0 Å². The number of carbonyl (C=O) groups excluding carboxylic acids is 1. The lowest BCUT2D eigenvalue weighted by atomic mass is 10.0. The molecule has 0 aromatic carbocycles. The van der Waals surface area contributed by atoms with E-state index < -0.39 is 0 Å². The topological polar surface area (TPSA) is 52.6 Å². The monoisotopic (exact) mass is 226 g/mol. The normalized spacial score (nSPS) is 36.5. The minimum absolute atomic E-state index is 0.0669. The molecule has 2 N–H and O–H groups in total. The molecule has 3 unspecified atom stereocenters. The maximum Gasteiger partial charge on any atom is 0.239 e. The van der Waals surface area contributed by atoms with Crippen LogP contribution in [0, 0.1) is 0 Å². The van der Waals surface area contributed by atoms with Gasteiger partial charge in [0.15, 0.2) is 0 Å². The summed E-state index contributed by atoms with van der Waals surface area (Å²) < 4.78 is 0. The Balaban J connectivity index is 1.90. The molecule has 3 atom stereocenters. The Kier molecular flexibility index (Phi) is 3.82. The summed E-state index contributed by atoms with van der Waals surface area (Å²) in [6.45, 7) is 0.833. The molecule has 2 rings (SSSR count). The third-order valence-corrected chi connectivity index (χ3v) is 3.82. The van der Waals surface area contributed by atoms with E-state index in [0.29, 0.717) is 0 Å². The standard InChI is InChI=1S/C12H22N2O2/c1-14-8-7-10(12(14)16)13-9-5-3-2-4-6-11(9)15/h9-11,13,15H,2-8H2,1H3. The molecule has 0 aromatic heterocycles. The number of amides is 1. The van der Waals surface area contributed by atoms with Crippen molar-refractivity contribution in [2.24, 2.45) is 0 Å². The lowest BCUT2D eigenvalue weighted by Crippen LogP contribution is -2.48. The number of carbonyl (C=O) groups is 1. The molecule has 92 valence electrons. The molecule has 16 heavy (non-hydrogen) atoms. The van der Waals surface area contributed by atoms with Gasteiger partial charge in [-0.2, -0.15) is 0 Å². The summed E-state index contributed by atoms with van der Waals surface area (Å²) in [6.07, 6.45) is 5.93. The summed E-state index contributed by atoms with van der Waals surface area (Å²) in [7, 11) is 1.84. The quantitative estimate of drug-likeness (QED) is 0.674. The Morgan fingerprint density at radius 2 is 2.00 bits per heavy atom. The van der Waals surface area contributed by atoms with Gasteiger partial charge in [-0.25, -0.2) is 0 Å². The predicted molar refractivity (Wildman–Crippen MR) is 62.1 cm³/mol. The first-order valence-electron chi connectivity index (χ1n) is 6.37. The lowest BCUT2D eigenvalue weighted by Gasteiger charge is -2.24. The highest BCUT2D eigenvalue weighted by Gasteiger charge is 2.32. The van der Waals surface area contributed by atoms with Crippen LogP contribution in [-0.4, -0.2) is 47.7 Å². The first-order chi connectivity index (χ1) is 7.68. The molecule has 1 aliphatic heterocycles. The molecular weight excluding hydrogens is 204 g/mol. The zero-order valence-electron chi connectivity index (χ0n) is 9.98. The molecule has 1 saturated heterocycles. The van der Waals surface area contributed by atoms with Crippen molar-refractivity contribution in [1.29, 1.82) is 0 Å². The minimum Gasteiger partial charge on any atom is -0.392 e. The maximum atomic E-state index is 11.8. The van der Waals surface area contributed by atoms with E-state index in [1.165, 1.54) is 6.42 Å². The van der Waals surface area contributed by atoms with Crippen molar-refractivity contribution >= 4 is 5.91 Å². The van der Waals surface area contributed by atoms with E-state index >= 15 is 0 Å². The molecule has 4 heteroatoms. The van der Waals surface area contributed by atoms with E-state index in [1.54, 1.807) is 4.90 Å². The van der Waals surface area contributed by atoms with Crippen LogP contribution in [0.1, 0.15) is 38.5 Å². The molecule has 4 nitrogen and oxygen atoms in total. The summed E-state index contributed by atoms with van der Waals surface area (Å²) in [6, 6.07) is 0.0469. The molecule has 1 amide bonds. The van der Waals surface area contributed by atoms with Crippen LogP contribution in [0.25, 0.3) is 0 Å². The van der Waals surface area contributed by atoms with E-state index in [4.69, 9.17) is 0 Å². The third-order valence-electron chi connectivity index (χ3n) is 3.82. The van der Waals surface area contributed by atoms with Gasteiger partial charge < -0.3 is 15.3 Å². The van der Waals surface area contributed by atoms with E-state index in [0.717, 1.165) is 38.6 Å². The first kappa shape index (κ1) is 11.9. The maximum absolute atomic E-state index is 11.8. The number of nitrogens with zero attached hydrogens (tertiary/aromatic N) is 1. The third kappa shape index (κ3) is 2.55. The van der Waals surface area contributed by atoms with Crippen molar-refractivity contribution in [1.82, 2.24) is 10.2 Å². The molecule has 1 saturated carbocycles. The van der Waals surface area contributed by atoms with E-state index in [1.807, 2.05) is 7.05 Å². The van der Waals surface area contributed by atoms with Gasteiger partial charge in [-0.15, -0.1) is 0 Å². The summed E-state index contributed by atoms with van der Waals surface area (Å²) in [5.41, 5.74) is 0. The van der Waals surface area contributed by atoms with Gasteiger partial charge in [0.1, 0.15) is 0 Å². The van der Waals surface area contributed by atoms with E-state index in [-0.39, 0.29) is 24.1 Å². The second kappa shape index (κ2) is 5.15. The van der Waals surface area contributed by atoms with Crippen LogP contribution in [0.2, 0.25) is 0 Å². The molecule has 0 radical (unpaired) electrons. The summed E-state index contributed by atoms with van der Waals surface area (Å²) in [4.78, 5) is 13.5. The molecule has 0 spiro atoms. The van der Waals surface area contributed by atoms with Gasteiger partial charge in [0.2, 0.25) is 5.91 Å². The van der Waals surface area contributed by atoms with Crippen LogP contribution in [-0.2, 0) is 4.79 Å². The summed E-state index contributed by atoms with van der Waals surface area (Å²) >= 11 is 0. The van der Waals surface area contributed by atoms with Crippen LogP contribution in [0.5, 0.6) is 0 Å². The number of hydrogen-bond acceptors (Lipinski definition) is 3. The van der Waals surface area contributed by atoms with E-state index in [2.05, 4.69) is 5.32 Å². The second-order valence-electron chi connectivity index (χ2n) is 5.08. The zero-order chi connectivity index (χ0) is 11.5. The molecule has 2 fully saturated rings. The Hall–Kier alpha value is -0.610. The van der Waals surface area contributed by atoms with Gasteiger partial charge in [-0.3, -0.25) is 4.79 Å². The smallest absolute Gasteiger partial charge is 0.239 e. The number of rotatable bonds is 2. The number of aliphatic hydroxyl groups is 1. The van der Waals surface area contributed by atoms with Gasteiger partial charge in [0, 0.05) is 19.6 Å². The predicted octanol–water partition coefficient (Wildman–Crippen LogP) is 0.500. The Bertz CT molecular complexity index is 257. The van der Waals surface area contributed by atoms with Crippen molar-refractivity contribution in [3.8, 4) is 0 Å². The number of nitrogens with one attached hydrogen (secondary N) is 1. The van der Waals surface area contributed by atoms with Gasteiger partial charge in [-0.05, 0) is 19.3 Å². The number of aliphatic hydroxyl groups excluding tert-OH is 1. The van der Waals surface area contributed by atoms with Crippen LogP contribution < -0.4 is 5.32 Å². The van der Waals surface area contributed by atoms with Gasteiger partial charge in [0.25, 0.3) is 0 Å². The zero-order valence-corrected chi connectivity index (χ0v) is 9.98. The van der Waals surface area contributed by atoms with Crippen LogP contribution in [0.3, 0.4) is 0 Å². The van der Waals surface area contributed by atoms with Crippen molar-refractivity contribution in [2.45, 2.75) is 56.7 Å². The lowest BCUT2D eigenvalue weighted by molar-refractivity contribution is -0.128. The van der Waals surface area contributed by atoms with Gasteiger partial charge >= 0.3 is 0 Å². The van der Waals surface area contributed by atoms with Gasteiger partial charge in [-0.1, -0.05) is 19.3 Å². The van der Waals surface area contributed by atoms with Crippen molar-refractivity contribution in [3.05, 3.63) is 0 Å². The largest absolute Gasteiger partial charge is 0.392 e. The highest BCUT2D eigenvalue weighted by molar-refractivity contribution is 5.83. The fourth-order valence-corrected chi connectivity index (χ4v) is 2.72. The van der Waals surface area contributed by atoms with Crippen LogP contribution >= 0.6 is 0 Å². The summed E-state index contributed by atoms with van der Waals surface area (Å²) in [5.74, 6) is 0.177. The van der Waals surface area contributed by atoms with E-state index in [9.17, 15) is 9.90 Å².